The summed E-state index contributed by atoms with van der Waals surface area (Å²) >= 11 is 0. The maximum Gasteiger partial charge on any atom is 0.126 e. The number of rotatable bonds is 1. The summed E-state index contributed by atoms with van der Waals surface area (Å²) in [5.74, 6) is -0.0541. The average molecular weight is 193 g/mol. The van der Waals surface area contributed by atoms with Crippen LogP contribution >= 0.6 is 0 Å². The van der Waals surface area contributed by atoms with E-state index in [1.807, 2.05) is 6.07 Å². The van der Waals surface area contributed by atoms with E-state index >= 15 is 0 Å². The molecule has 0 bridgehead atoms. The van der Waals surface area contributed by atoms with E-state index in [1.54, 1.807) is 12.1 Å². The predicted octanol–water partition coefficient (Wildman–Crippen LogP) is 2.28. The summed E-state index contributed by atoms with van der Waals surface area (Å²) in [4.78, 5) is 0. The van der Waals surface area contributed by atoms with E-state index in [0.717, 1.165) is 30.4 Å². The Morgan fingerprint density at radius 3 is 3.00 bits per heavy atom. The van der Waals surface area contributed by atoms with Crippen LogP contribution in [-0.4, -0.2) is 6.54 Å². The molecule has 1 aromatic carbocycles. The normalized spacial score (nSPS) is 25.9. The molecule has 76 valence electrons. The lowest BCUT2D eigenvalue weighted by Crippen LogP contribution is -2.33. The van der Waals surface area contributed by atoms with Crippen molar-refractivity contribution in [2.45, 2.75) is 26.2 Å². The SMILES string of the molecule is CC1(CN)CCc2c(F)cccc2C1. The highest BCUT2D eigenvalue weighted by molar-refractivity contribution is 5.32. The lowest BCUT2D eigenvalue weighted by Gasteiger charge is -2.33. The van der Waals surface area contributed by atoms with Crippen molar-refractivity contribution in [1.82, 2.24) is 0 Å². The Morgan fingerprint density at radius 1 is 1.50 bits per heavy atom. The van der Waals surface area contributed by atoms with E-state index < -0.39 is 0 Å². The molecule has 0 spiro atoms. The molecule has 0 aliphatic heterocycles. The lowest BCUT2D eigenvalue weighted by molar-refractivity contribution is 0.287. The molecular formula is C12H16FN. The predicted molar refractivity (Wildman–Crippen MR) is 55.6 cm³/mol. The van der Waals surface area contributed by atoms with Crippen LogP contribution in [0.2, 0.25) is 0 Å². The molecule has 2 rings (SSSR count). The number of hydrogen-bond acceptors (Lipinski definition) is 1. The van der Waals surface area contributed by atoms with Gasteiger partial charge in [-0.05, 0) is 48.4 Å². The third kappa shape index (κ3) is 1.55. The molecule has 0 fully saturated rings. The highest BCUT2D eigenvalue weighted by Gasteiger charge is 2.29. The first kappa shape index (κ1) is 9.66. The van der Waals surface area contributed by atoms with Crippen molar-refractivity contribution in [3.8, 4) is 0 Å². The molecule has 0 heterocycles. The summed E-state index contributed by atoms with van der Waals surface area (Å²) in [5, 5.41) is 0. The molecule has 1 aliphatic carbocycles. The van der Waals surface area contributed by atoms with Gasteiger partial charge >= 0.3 is 0 Å². The first-order valence-corrected chi connectivity index (χ1v) is 5.11. The Bertz CT molecular complexity index is 348. The highest BCUT2D eigenvalue weighted by atomic mass is 19.1. The fraction of sp³-hybridized carbons (Fsp3) is 0.500. The molecule has 1 atom stereocenters. The van der Waals surface area contributed by atoms with Gasteiger partial charge in [0.05, 0.1) is 0 Å². The molecule has 0 amide bonds. The Kier molecular flexibility index (Phi) is 2.31. The van der Waals surface area contributed by atoms with Gasteiger partial charge in [-0.2, -0.15) is 0 Å². The number of nitrogens with two attached hydrogens (primary N) is 1. The van der Waals surface area contributed by atoms with Crippen molar-refractivity contribution in [2.75, 3.05) is 6.54 Å². The summed E-state index contributed by atoms with van der Waals surface area (Å²) in [7, 11) is 0. The minimum atomic E-state index is -0.0541. The molecule has 2 heteroatoms. The van der Waals surface area contributed by atoms with Gasteiger partial charge in [-0.25, -0.2) is 4.39 Å². The molecule has 0 aromatic heterocycles. The van der Waals surface area contributed by atoms with Gasteiger partial charge in [-0.15, -0.1) is 0 Å². The fourth-order valence-electron chi connectivity index (χ4n) is 2.20. The molecule has 1 unspecified atom stereocenters. The Balaban J connectivity index is 2.36. The van der Waals surface area contributed by atoms with Crippen LogP contribution in [0.1, 0.15) is 24.5 Å². The first-order chi connectivity index (χ1) is 6.64. The molecule has 2 N–H and O–H groups in total. The van der Waals surface area contributed by atoms with Crippen molar-refractivity contribution in [3.63, 3.8) is 0 Å². The molecule has 1 nitrogen and oxygen atoms in total. The molecule has 14 heavy (non-hydrogen) atoms. The third-order valence-corrected chi connectivity index (χ3v) is 3.30. The Labute approximate surface area is 84.1 Å². The summed E-state index contributed by atoms with van der Waals surface area (Å²) < 4.78 is 13.4. The number of benzene rings is 1. The van der Waals surface area contributed by atoms with E-state index in [2.05, 4.69) is 6.92 Å². The van der Waals surface area contributed by atoms with E-state index in [9.17, 15) is 4.39 Å². The summed E-state index contributed by atoms with van der Waals surface area (Å²) in [6.07, 6.45) is 2.74. The van der Waals surface area contributed by atoms with E-state index in [1.165, 1.54) is 0 Å². The minimum Gasteiger partial charge on any atom is -0.330 e. The van der Waals surface area contributed by atoms with Crippen LogP contribution in [0.3, 0.4) is 0 Å². The zero-order valence-corrected chi connectivity index (χ0v) is 8.52. The van der Waals surface area contributed by atoms with Crippen molar-refractivity contribution in [1.29, 1.82) is 0 Å². The molecule has 1 aliphatic rings. The van der Waals surface area contributed by atoms with Gasteiger partial charge in [0, 0.05) is 0 Å². The monoisotopic (exact) mass is 193 g/mol. The molecule has 0 saturated heterocycles. The van der Waals surface area contributed by atoms with Gasteiger partial charge in [0.15, 0.2) is 0 Å². The average Bonchev–Trinajstić information content (AvgIpc) is 2.18. The summed E-state index contributed by atoms with van der Waals surface area (Å²) in [6, 6.07) is 5.35. The third-order valence-electron chi connectivity index (χ3n) is 3.30. The van der Waals surface area contributed by atoms with Crippen LogP contribution in [0, 0.1) is 11.2 Å². The second-order valence-corrected chi connectivity index (χ2v) is 4.57. The van der Waals surface area contributed by atoms with Crippen molar-refractivity contribution in [2.24, 2.45) is 11.1 Å². The fourth-order valence-corrected chi connectivity index (χ4v) is 2.20. The van der Waals surface area contributed by atoms with Crippen LogP contribution in [0.5, 0.6) is 0 Å². The smallest absolute Gasteiger partial charge is 0.126 e. The van der Waals surface area contributed by atoms with Crippen LogP contribution in [0.15, 0.2) is 18.2 Å². The lowest BCUT2D eigenvalue weighted by atomic mass is 9.73. The maximum atomic E-state index is 13.4. The topological polar surface area (TPSA) is 26.0 Å². The Hall–Kier alpha value is -0.890. The molecular weight excluding hydrogens is 177 g/mol. The standard InChI is InChI=1S/C12H16FN/c1-12(8-14)6-5-10-9(7-12)3-2-4-11(10)13/h2-4H,5-8,14H2,1H3. The van der Waals surface area contributed by atoms with Crippen molar-refractivity contribution < 1.29 is 4.39 Å². The van der Waals surface area contributed by atoms with Gasteiger partial charge < -0.3 is 5.73 Å². The van der Waals surface area contributed by atoms with Crippen LogP contribution in [0.25, 0.3) is 0 Å². The largest absolute Gasteiger partial charge is 0.330 e. The second-order valence-electron chi connectivity index (χ2n) is 4.57. The Morgan fingerprint density at radius 2 is 2.29 bits per heavy atom. The van der Waals surface area contributed by atoms with Crippen LogP contribution in [0.4, 0.5) is 4.39 Å². The summed E-state index contributed by atoms with van der Waals surface area (Å²) in [6.45, 7) is 2.86. The molecule has 1 aromatic rings. The number of halogens is 1. The van der Waals surface area contributed by atoms with Gasteiger partial charge in [-0.3, -0.25) is 0 Å². The highest BCUT2D eigenvalue weighted by Crippen LogP contribution is 2.35. The van der Waals surface area contributed by atoms with Gasteiger partial charge in [0.2, 0.25) is 0 Å². The quantitative estimate of drug-likeness (QED) is 0.727. The van der Waals surface area contributed by atoms with Crippen LogP contribution in [-0.2, 0) is 12.8 Å². The molecule has 0 radical (unpaired) electrons. The zero-order valence-electron chi connectivity index (χ0n) is 8.52. The van der Waals surface area contributed by atoms with Crippen LogP contribution < -0.4 is 5.73 Å². The van der Waals surface area contributed by atoms with Gasteiger partial charge in [0.1, 0.15) is 5.82 Å². The van der Waals surface area contributed by atoms with Gasteiger partial charge in [0.25, 0.3) is 0 Å². The first-order valence-electron chi connectivity index (χ1n) is 5.11. The number of hydrogen-bond donors (Lipinski definition) is 1. The van der Waals surface area contributed by atoms with E-state index in [4.69, 9.17) is 5.73 Å². The number of fused-ring (bicyclic) bond motifs is 1. The summed E-state index contributed by atoms with van der Waals surface area (Å²) in [5.41, 5.74) is 7.95. The van der Waals surface area contributed by atoms with Crippen molar-refractivity contribution in [3.05, 3.63) is 35.1 Å². The van der Waals surface area contributed by atoms with E-state index in [0.29, 0.717) is 6.54 Å². The second kappa shape index (κ2) is 3.35. The van der Waals surface area contributed by atoms with Crippen molar-refractivity contribution >= 4 is 0 Å². The zero-order chi connectivity index (χ0) is 10.2. The maximum absolute atomic E-state index is 13.4. The van der Waals surface area contributed by atoms with Gasteiger partial charge in [-0.1, -0.05) is 19.1 Å². The molecule has 0 saturated carbocycles. The van der Waals surface area contributed by atoms with E-state index in [-0.39, 0.29) is 11.2 Å². The minimum absolute atomic E-state index is 0.0541.